The van der Waals surface area contributed by atoms with Gasteiger partial charge in [-0.25, -0.2) is 8.78 Å². The van der Waals surface area contributed by atoms with E-state index in [9.17, 15) is 18.4 Å². The molecule has 24 heavy (non-hydrogen) atoms. The lowest BCUT2D eigenvalue weighted by Crippen LogP contribution is -2.38. The zero-order valence-corrected chi connectivity index (χ0v) is 13.6. The standard InChI is InChI=1S/C17H15ClF2N2O2/c1-11(23)22(16-7-6-12(19)10-15(16)20)9-8-21-17(24)13-4-2-3-5-14(13)18/h2-7,10H,8-9H2,1H3,(H,21,24). The molecule has 2 amide bonds. The summed E-state index contributed by atoms with van der Waals surface area (Å²) in [4.78, 5) is 24.9. The highest BCUT2D eigenvalue weighted by Crippen LogP contribution is 2.20. The van der Waals surface area contributed by atoms with E-state index in [2.05, 4.69) is 5.32 Å². The van der Waals surface area contributed by atoms with Crippen molar-refractivity contribution in [3.05, 3.63) is 64.7 Å². The third kappa shape index (κ3) is 4.29. The third-order valence-corrected chi connectivity index (χ3v) is 3.65. The van der Waals surface area contributed by atoms with Gasteiger partial charge in [-0.3, -0.25) is 9.59 Å². The minimum absolute atomic E-state index is 0.0358. The average Bonchev–Trinajstić information content (AvgIpc) is 2.52. The fourth-order valence-corrected chi connectivity index (χ4v) is 2.39. The Morgan fingerprint density at radius 2 is 1.88 bits per heavy atom. The number of rotatable bonds is 5. The second-order valence-electron chi connectivity index (χ2n) is 5.00. The molecule has 2 rings (SSSR count). The SMILES string of the molecule is CC(=O)N(CCNC(=O)c1ccccc1Cl)c1ccc(F)cc1F. The van der Waals surface area contributed by atoms with E-state index in [1.165, 1.54) is 13.0 Å². The molecule has 2 aromatic carbocycles. The fourth-order valence-electron chi connectivity index (χ4n) is 2.17. The summed E-state index contributed by atoms with van der Waals surface area (Å²) in [7, 11) is 0. The van der Waals surface area contributed by atoms with Crippen LogP contribution in [-0.2, 0) is 4.79 Å². The molecular weight excluding hydrogens is 338 g/mol. The Hall–Kier alpha value is -2.47. The lowest BCUT2D eigenvalue weighted by molar-refractivity contribution is -0.116. The Balaban J connectivity index is 2.04. The molecule has 0 heterocycles. The van der Waals surface area contributed by atoms with Gasteiger partial charge in [0.05, 0.1) is 16.3 Å². The first-order valence-corrected chi connectivity index (χ1v) is 7.54. The van der Waals surface area contributed by atoms with Gasteiger partial charge in [0.25, 0.3) is 5.91 Å². The maximum atomic E-state index is 13.8. The van der Waals surface area contributed by atoms with E-state index >= 15 is 0 Å². The second-order valence-corrected chi connectivity index (χ2v) is 5.41. The van der Waals surface area contributed by atoms with Crippen molar-refractivity contribution >= 4 is 29.1 Å². The summed E-state index contributed by atoms with van der Waals surface area (Å²) in [6.07, 6.45) is 0. The molecule has 4 nitrogen and oxygen atoms in total. The van der Waals surface area contributed by atoms with Crippen LogP contribution in [-0.4, -0.2) is 24.9 Å². The molecule has 7 heteroatoms. The van der Waals surface area contributed by atoms with Gasteiger partial charge in [0.15, 0.2) is 0 Å². The van der Waals surface area contributed by atoms with Crippen LogP contribution in [0.3, 0.4) is 0 Å². The largest absolute Gasteiger partial charge is 0.350 e. The van der Waals surface area contributed by atoms with Crippen molar-refractivity contribution < 1.29 is 18.4 Å². The maximum Gasteiger partial charge on any atom is 0.252 e. The molecule has 0 unspecified atom stereocenters. The van der Waals surface area contributed by atoms with Gasteiger partial charge in [-0.15, -0.1) is 0 Å². The molecule has 126 valence electrons. The Kier molecular flexibility index (Phi) is 5.87. The Bertz CT molecular complexity index is 768. The van der Waals surface area contributed by atoms with E-state index in [1.54, 1.807) is 24.3 Å². The summed E-state index contributed by atoms with van der Waals surface area (Å²) in [6.45, 7) is 1.38. The van der Waals surface area contributed by atoms with Crippen LogP contribution >= 0.6 is 11.6 Å². The number of carbonyl (C=O) groups excluding carboxylic acids is 2. The highest BCUT2D eigenvalue weighted by atomic mass is 35.5. The van der Waals surface area contributed by atoms with Crippen molar-refractivity contribution in [2.24, 2.45) is 0 Å². The minimum Gasteiger partial charge on any atom is -0.350 e. The van der Waals surface area contributed by atoms with Crippen molar-refractivity contribution in [3.8, 4) is 0 Å². The van der Waals surface area contributed by atoms with Crippen LogP contribution in [0.2, 0.25) is 5.02 Å². The monoisotopic (exact) mass is 352 g/mol. The zero-order valence-electron chi connectivity index (χ0n) is 12.9. The van der Waals surface area contributed by atoms with Crippen molar-refractivity contribution in [2.45, 2.75) is 6.92 Å². The van der Waals surface area contributed by atoms with E-state index in [4.69, 9.17) is 11.6 Å². The molecule has 0 saturated heterocycles. The molecular formula is C17H15ClF2N2O2. The average molecular weight is 353 g/mol. The highest BCUT2D eigenvalue weighted by Gasteiger charge is 2.17. The van der Waals surface area contributed by atoms with Crippen molar-refractivity contribution in [1.82, 2.24) is 5.32 Å². The first-order valence-electron chi connectivity index (χ1n) is 7.16. The van der Waals surface area contributed by atoms with Gasteiger partial charge in [-0.2, -0.15) is 0 Å². The first kappa shape index (κ1) is 17.9. The highest BCUT2D eigenvalue weighted by molar-refractivity contribution is 6.33. The van der Waals surface area contributed by atoms with Crippen LogP contribution in [0.1, 0.15) is 17.3 Å². The predicted molar refractivity (Wildman–Crippen MR) is 88.2 cm³/mol. The number of nitrogens with zero attached hydrogens (tertiary/aromatic N) is 1. The van der Waals surface area contributed by atoms with Crippen LogP contribution in [0.25, 0.3) is 0 Å². The Morgan fingerprint density at radius 1 is 1.17 bits per heavy atom. The van der Waals surface area contributed by atoms with Gasteiger partial charge in [-0.05, 0) is 24.3 Å². The topological polar surface area (TPSA) is 49.4 Å². The summed E-state index contributed by atoms with van der Waals surface area (Å²) in [6, 6.07) is 9.49. The van der Waals surface area contributed by atoms with Gasteiger partial charge in [-0.1, -0.05) is 23.7 Å². The van der Waals surface area contributed by atoms with Gasteiger partial charge in [0.1, 0.15) is 11.6 Å². The summed E-state index contributed by atoms with van der Waals surface area (Å²) in [5.74, 6) is -2.40. The molecule has 0 aliphatic carbocycles. The molecule has 0 bridgehead atoms. The zero-order chi connectivity index (χ0) is 17.7. The van der Waals surface area contributed by atoms with Gasteiger partial charge < -0.3 is 10.2 Å². The van der Waals surface area contributed by atoms with Crippen molar-refractivity contribution in [3.63, 3.8) is 0 Å². The lowest BCUT2D eigenvalue weighted by atomic mass is 10.2. The number of hydrogen-bond donors (Lipinski definition) is 1. The number of carbonyl (C=O) groups is 2. The van der Waals surface area contributed by atoms with E-state index < -0.39 is 23.4 Å². The summed E-state index contributed by atoms with van der Waals surface area (Å²) >= 11 is 5.93. The van der Waals surface area contributed by atoms with Crippen LogP contribution in [0, 0.1) is 11.6 Å². The van der Waals surface area contributed by atoms with E-state index in [0.29, 0.717) is 16.7 Å². The molecule has 0 radical (unpaired) electrons. The number of halogens is 3. The number of amides is 2. The van der Waals surface area contributed by atoms with E-state index in [1.807, 2.05) is 0 Å². The minimum atomic E-state index is -0.845. The Labute approximate surface area is 143 Å². The van der Waals surface area contributed by atoms with Crippen molar-refractivity contribution in [1.29, 1.82) is 0 Å². The molecule has 0 aliphatic heterocycles. The number of nitrogens with one attached hydrogen (secondary N) is 1. The van der Waals surface area contributed by atoms with Gasteiger partial charge in [0.2, 0.25) is 5.91 Å². The molecule has 0 aromatic heterocycles. The second kappa shape index (κ2) is 7.88. The maximum absolute atomic E-state index is 13.8. The van der Waals surface area contributed by atoms with Gasteiger partial charge in [0, 0.05) is 26.1 Å². The predicted octanol–water partition coefficient (Wildman–Crippen LogP) is 3.40. The number of hydrogen-bond acceptors (Lipinski definition) is 2. The first-order chi connectivity index (χ1) is 11.4. The molecule has 0 saturated carbocycles. The molecule has 2 aromatic rings. The van der Waals surface area contributed by atoms with Crippen LogP contribution < -0.4 is 10.2 Å². The molecule has 0 aliphatic rings. The summed E-state index contributed by atoms with van der Waals surface area (Å²) < 4.78 is 26.8. The summed E-state index contributed by atoms with van der Waals surface area (Å²) in [5.41, 5.74) is 0.261. The van der Waals surface area contributed by atoms with Crippen molar-refractivity contribution in [2.75, 3.05) is 18.0 Å². The number of anilines is 1. The molecule has 1 N–H and O–H groups in total. The van der Waals surface area contributed by atoms with E-state index in [-0.39, 0.29) is 18.8 Å². The quantitative estimate of drug-likeness (QED) is 0.896. The summed E-state index contributed by atoms with van der Waals surface area (Å²) in [5, 5.41) is 2.92. The number of benzene rings is 2. The lowest BCUT2D eigenvalue weighted by Gasteiger charge is -2.22. The van der Waals surface area contributed by atoms with Crippen LogP contribution in [0.4, 0.5) is 14.5 Å². The van der Waals surface area contributed by atoms with Crippen LogP contribution in [0.15, 0.2) is 42.5 Å². The van der Waals surface area contributed by atoms with Gasteiger partial charge >= 0.3 is 0 Å². The Morgan fingerprint density at radius 3 is 2.50 bits per heavy atom. The fraction of sp³-hybridized carbons (Fsp3) is 0.176. The van der Waals surface area contributed by atoms with E-state index in [0.717, 1.165) is 11.0 Å². The third-order valence-electron chi connectivity index (χ3n) is 3.32. The molecule has 0 atom stereocenters. The van der Waals surface area contributed by atoms with Crippen LogP contribution in [0.5, 0.6) is 0 Å². The normalized spacial score (nSPS) is 10.3. The molecule has 0 fully saturated rings. The smallest absolute Gasteiger partial charge is 0.252 e. The molecule has 0 spiro atoms.